The van der Waals surface area contributed by atoms with Crippen LogP contribution < -0.4 is 5.73 Å². The molecule has 0 atom stereocenters. The molecule has 3 N–H and O–H groups in total. The van der Waals surface area contributed by atoms with E-state index in [-0.39, 0.29) is 18.2 Å². The third-order valence-corrected chi connectivity index (χ3v) is 3.52. The average molecular weight is 311 g/mol. The first-order valence-corrected chi connectivity index (χ1v) is 6.33. The number of hydrogen-bond acceptors (Lipinski definition) is 1. The lowest BCUT2D eigenvalue weighted by atomic mass is 10.0. The topological polar surface area (TPSA) is 41.8 Å². The Morgan fingerprint density at radius 2 is 1.90 bits per heavy atom. The molecule has 0 bridgehead atoms. The summed E-state index contributed by atoms with van der Waals surface area (Å²) in [6, 6.07) is 12.2. The summed E-state index contributed by atoms with van der Waals surface area (Å²) < 4.78 is 13.3. The number of aromatic nitrogens is 1. The SMILES string of the molecule is Cl.NCc1[nH]c2cc(F)ccc2c1-c1ccccc1Cl. The minimum atomic E-state index is -0.275. The number of fused-ring (bicyclic) bond motifs is 1. The maximum Gasteiger partial charge on any atom is 0.125 e. The van der Waals surface area contributed by atoms with E-state index in [0.717, 1.165) is 27.7 Å². The van der Waals surface area contributed by atoms with E-state index >= 15 is 0 Å². The van der Waals surface area contributed by atoms with Crippen molar-refractivity contribution in [3.8, 4) is 11.1 Å². The Morgan fingerprint density at radius 3 is 2.60 bits per heavy atom. The maximum absolute atomic E-state index is 13.3. The summed E-state index contributed by atoms with van der Waals surface area (Å²) in [6.07, 6.45) is 0. The highest BCUT2D eigenvalue weighted by molar-refractivity contribution is 6.33. The monoisotopic (exact) mass is 310 g/mol. The van der Waals surface area contributed by atoms with Crippen LogP contribution in [0.4, 0.5) is 4.39 Å². The molecule has 2 aromatic carbocycles. The maximum atomic E-state index is 13.3. The Hall–Kier alpha value is -1.55. The molecule has 2 nitrogen and oxygen atoms in total. The third-order valence-electron chi connectivity index (χ3n) is 3.19. The highest BCUT2D eigenvalue weighted by atomic mass is 35.5. The van der Waals surface area contributed by atoms with Gasteiger partial charge in [0.15, 0.2) is 0 Å². The van der Waals surface area contributed by atoms with Crippen LogP contribution in [0.5, 0.6) is 0 Å². The molecule has 104 valence electrons. The van der Waals surface area contributed by atoms with Gasteiger partial charge in [0.1, 0.15) is 5.82 Å². The Balaban J connectivity index is 0.00000147. The summed E-state index contributed by atoms with van der Waals surface area (Å²) in [4.78, 5) is 3.16. The van der Waals surface area contributed by atoms with Gasteiger partial charge in [-0.2, -0.15) is 0 Å². The number of benzene rings is 2. The number of hydrogen-bond donors (Lipinski definition) is 2. The minimum Gasteiger partial charge on any atom is -0.357 e. The van der Waals surface area contributed by atoms with E-state index in [0.29, 0.717) is 11.6 Å². The number of halogens is 3. The molecule has 0 spiro atoms. The van der Waals surface area contributed by atoms with Crippen molar-refractivity contribution in [2.75, 3.05) is 0 Å². The fraction of sp³-hybridized carbons (Fsp3) is 0.0667. The lowest BCUT2D eigenvalue weighted by Gasteiger charge is -2.05. The second kappa shape index (κ2) is 5.83. The lowest BCUT2D eigenvalue weighted by Crippen LogP contribution is -1.98. The van der Waals surface area contributed by atoms with Crippen LogP contribution in [0.2, 0.25) is 5.02 Å². The quantitative estimate of drug-likeness (QED) is 0.718. The molecule has 1 aromatic heterocycles. The first-order valence-electron chi connectivity index (χ1n) is 5.96. The van der Waals surface area contributed by atoms with Gasteiger partial charge in [0.05, 0.1) is 0 Å². The molecule has 3 aromatic rings. The molecule has 1 heterocycles. The molecule has 0 amide bonds. The van der Waals surface area contributed by atoms with Crippen molar-refractivity contribution in [2.24, 2.45) is 5.73 Å². The zero-order valence-electron chi connectivity index (χ0n) is 10.5. The van der Waals surface area contributed by atoms with Gasteiger partial charge in [0.25, 0.3) is 0 Å². The van der Waals surface area contributed by atoms with Gasteiger partial charge in [-0.15, -0.1) is 12.4 Å². The van der Waals surface area contributed by atoms with Crippen LogP contribution in [0.15, 0.2) is 42.5 Å². The average Bonchev–Trinajstić information content (AvgIpc) is 2.76. The van der Waals surface area contributed by atoms with E-state index in [2.05, 4.69) is 4.98 Å². The van der Waals surface area contributed by atoms with Gasteiger partial charge in [-0.1, -0.05) is 29.8 Å². The molecule has 0 unspecified atom stereocenters. The van der Waals surface area contributed by atoms with Gasteiger partial charge in [-0.05, 0) is 24.3 Å². The summed E-state index contributed by atoms with van der Waals surface area (Å²) >= 11 is 6.25. The van der Waals surface area contributed by atoms with Crippen molar-refractivity contribution in [1.29, 1.82) is 0 Å². The van der Waals surface area contributed by atoms with Gasteiger partial charge in [0.2, 0.25) is 0 Å². The summed E-state index contributed by atoms with van der Waals surface area (Å²) in [5.74, 6) is -0.275. The number of nitrogens with one attached hydrogen (secondary N) is 1. The smallest absolute Gasteiger partial charge is 0.125 e. The molecule has 5 heteroatoms. The van der Waals surface area contributed by atoms with Crippen molar-refractivity contribution in [2.45, 2.75) is 6.54 Å². The largest absolute Gasteiger partial charge is 0.357 e. The van der Waals surface area contributed by atoms with Crippen LogP contribution >= 0.6 is 24.0 Å². The zero-order chi connectivity index (χ0) is 13.4. The molecular weight excluding hydrogens is 298 g/mol. The van der Waals surface area contributed by atoms with Crippen LogP contribution in [0.3, 0.4) is 0 Å². The van der Waals surface area contributed by atoms with Crippen molar-refractivity contribution in [3.05, 3.63) is 59.0 Å². The summed E-state index contributed by atoms with van der Waals surface area (Å²) in [5, 5.41) is 1.58. The van der Waals surface area contributed by atoms with E-state index < -0.39 is 0 Å². The van der Waals surface area contributed by atoms with Gasteiger partial charge in [-0.25, -0.2) is 4.39 Å². The number of rotatable bonds is 2. The number of H-pyrrole nitrogens is 1. The van der Waals surface area contributed by atoms with Crippen molar-refractivity contribution in [3.63, 3.8) is 0 Å². The number of aromatic amines is 1. The molecule has 20 heavy (non-hydrogen) atoms. The van der Waals surface area contributed by atoms with E-state index in [1.807, 2.05) is 24.3 Å². The van der Waals surface area contributed by atoms with Crippen LogP contribution in [0.25, 0.3) is 22.0 Å². The predicted molar refractivity (Wildman–Crippen MR) is 83.8 cm³/mol. The standard InChI is InChI=1S/C15H12ClFN2.ClH/c16-12-4-2-1-3-10(12)15-11-6-5-9(17)7-13(11)19-14(15)8-18;/h1-7,19H,8,18H2;1H. The van der Waals surface area contributed by atoms with Gasteiger partial charge in [-0.3, -0.25) is 0 Å². The van der Waals surface area contributed by atoms with Gasteiger partial charge >= 0.3 is 0 Å². The molecule has 3 rings (SSSR count). The van der Waals surface area contributed by atoms with E-state index in [9.17, 15) is 4.39 Å². The van der Waals surface area contributed by atoms with E-state index in [4.69, 9.17) is 17.3 Å². The first-order chi connectivity index (χ1) is 9.20. The molecule has 0 aliphatic rings. The minimum absolute atomic E-state index is 0. The fourth-order valence-electron chi connectivity index (χ4n) is 2.35. The Morgan fingerprint density at radius 1 is 1.15 bits per heavy atom. The molecule has 0 radical (unpaired) electrons. The summed E-state index contributed by atoms with van der Waals surface area (Å²) in [5.41, 5.74) is 9.21. The van der Waals surface area contributed by atoms with Crippen molar-refractivity contribution >= 4 is 34.9 Å². The predicted octanol–water partition coefficient (Wildman–Crippen LogP) is 4.51. The summed E-state index contributed by atoms with van der Waals surface area (Å²) in [6.45, 7) is 0.344. The van der Waals surface area contributed by atoms with Gasteiger partial charge < -0.3 is 10.7 Å². The lowest BCUT2D eigenvalue weighted by molar-refractivity contribution is 0.629. The fourth-order valence-corrected chi connectivity index (χ4v) is 2.58. The highest BCUT2D eigenvalue weighted by Gasteiger charge is 2.14. The second-order valence-electron chi connectivity index (χ2n) is 4.35. The van der Waals surface area contributed by atoms with E-state index in [1.165, 1.54) is 12.1 Å². The number of nitrogens with two attached hydrogens (primary N) is 1. The molecular formula is C15H13Cl2FN2. The van der Waals surface area contributed by atoms with Crippen LogP contribution in [-0.2, 0) is 6.54 Å². The van der Waals surface area contributed by atoms with Gasteiger partial charge in [0, 0.05) is 39.3 Å². The molecule has 0 aliphatic heterocycles. The Labute approximate surface area is 127 Å². The Bertz CT molecular complexity index is 753. The summed E-state index contributed by atoms with van der Waals surface area (Å²) in [7, 11) is 0. The van der Waals surface area contributed by atoms with Crippen LogP contribution in [-0.4, -0.2) is 4.98 Å². The molecule has 0 saturated carbocycles. The molecule has 0 saturated heterocycles. The first kappa shape index (κ1) is 14.9. The molecule has 0 aliphatic carbocycles. The normalized spacial score (nSPS) is 10.6. The Kier molecular flexibility index (Phi) is 4.33. The van der Waals surface area contributed by atoms with Crippen molar-refractivity contribution in [1.82, 2.24) is 4.98 Å². The van der Waals surface area contributed by atoms with E-state index in [1.54, 1.807) is 6.07 Å². The van der Waals surface area contributed by atoms with Crippen LogP contribution in [0.1, 0.15) is 5.69 Å². The zero-order valence-corrected chi connectivity index (χ0v) is 12.1. The second-order valence-corrected chi connectivity index (χ2v) is 4.76. The van der Waals surface area contributed by atoms with Crippen LogP contribution in [0, 0.1) is 5.82 Å². The molecule has 0 fully saturated rings. The third kappa shape index (κ3) is 2.40. The van der Waals surface area contributed by atoms with Crippen molar-refractivity contribution < 1.29 is 4.39 Å². The highest BCUT2D eigenvalue weighted by Crippen LogP contribution is 2.36.